The normalized spacial score (nSPS) is 16.3. The summed E-state index contributed by atoms with van der Waals surface area (Å²) < 4.78 is 5.56. The van der Waals surface area contributed by atoms with Crippen LogP contribution >= 0.6 is 0 Å². The highest BCUT2D eigenvalue weighted by Crippen LogP contribution is 2.20. The minimum Gasteiger partial charge on any atom is -0.493 e. The average Bonchev–Trinajstić information content (AvgIpc) is 2.48. The highest BCUT2D eigenvalue weighted by Gasteiger charge is 2.24. The molecule has 1 aliphatic rings. The van der Waals surface area contributed by atoms with Gasteiger partial charge in [0.05, 0.1) is 12.2 Å². The number of hydrogen-bond acceptors (Lipinski definition) is 3. The summed E-state index contributed by atoms with van der Waals surface area (Å²) in [5.41, 5.74) is 0.677. The smallest absolute Gasteiger partial charge is 0.257 e. The van der Waals surface area contributed by atoms with Gasteiger partial charge in [-0.25, -0.2) is 0 Å². The largest absolute Gasteiger partial charge is 0.493 e. The third-order valence-corrected chi connectivity index (χ3v) is 3.70. The molecular formula is C17H26N2O2. The molecule has 0 radical (unpaired) electrons. The summed E-state index contributed by atoms with van der Waals surface area (Å²) in [6.45, 7) is 11.6. The molecule has 0 atom stereocenters. The Morgan fingerprint density at radius 1 is 1.19 bits per heavy atom. The van der Waals surface area contributed by atoms with Gasteiger partial charge in [0.25, 0.3) is 5.91 Å². The minimum atomic E-state index is 0.0863. The van der Waals surface area contributed by atoms with Gasteiger partial charge in [-0.05, 0) is 25.0 Å². The predicted molar refractivity (Wildman–Crippen MR) is 84.8 cm³/mol. The molecule has 1 fully saturated rings. The number of nitrogens with zero attached hydrogens (tertiary/aromatic N) is 2. The molecule has 4 nitrogen and oxygen atoms in total. The van der Waals surface area contributed by atoms with Gasteiger partial charge in [0.2, 0.25) is 0 Å². The van der Waals surface area contributed by atoms with E-state index in [2.05, 4.69) is 18.7 Å². The van der Waals surface area contributed by atoms with Crippen LogP contribution in [0.1, 0.15) is 31.1 Å². The molecule has 1 aromatic carbocycles. The van der Waals surface area contributed by atoms with Crippen LogP contribution in [0.25, 0.3) is 0 Å². The van der Waals surface area contributed by atoms with E-state index in [9.17, 15) is 4.79 Å². The van der Waals surface area contributed by atoms with Crippen LogP contribution in [0.4, 0.5) is 0 Å². The molecule has 1 aromatic rings. The van der Waals surface area contributed by atoms with Crippen LogP contribution in [-0.4, -0.2) is 55.0 Å². The molecule has 1 amide bonds. The van der Waals surface area contributed by atoms with Crippen molar-refractivity contribution in [1.82, 2.24) is 9.80 Å². The maximum atomic E-state index is 12.7. The second-order valence-corrected chi connectivity index (χ2v) is 5.92. The van der Waals surface area contributed by atoms with E-state index in [-0.39, 0.29) is 5.91 Å². The van der Waals surface area contributed by atoms with Crippen molar-refractivity contribution in [3.05, 3.63) is 29.8 Å². The summed E-state index contributed by atoms with van der Waals surface area (Å²) in [4.78, 5) is 17.0. The first kappa shape index (κ1) is 15.8. The van der Waals surface area contributed by atoms with Crippen molar-refractivity contribution in [2.24, 2.45) is 5.92 Å². The Kier molecular flexibility index (Phi) is 5.62. The van der Waals surface area contributed by atoms with Gasteiger partial charge in [0, 0.05) is 32.7 Å². The van der Waals surface area contributed by atoms with Crippen LogP contribution < -0.4 is 4.74 Å². The van der Waals surface area contributed by atoms with Crippen LogP contribution in [0, 0.1) is 5.92 Å². The summed E-state index contributed by atoms with van der Waals surface area (Å²) in [5.74, 6) is 1.45. The van der Waals surface area contributed by atoms with Crippen molar-refractivity contribution in [1.29, 1.82) is 0 Å². The van der Waals surface area contributed by atoms with Gasteiger partial charge < -0.3 is 9.64 Å². The SMILES string of the molecule is CCOc1ccccc1C(=O)N1CCN(CC(C)C)CC1. The first-order chi connectivity index (χ1) is 10.1. The zero-order valence-corrected chi connectivity index (χ0v) is 13.3. The monoisotopic (exact) mass is 290 g/mol. The van der Waals surface area contributed by atoms with Gasteiger partial charge in [0.1, 0.15) is 5.75 Å². The molecule has 21 heavy (non-hydrogen) atoms. The maximum Gasteiger partial charge on any atom is 0.257 e. The number of hydrogen-bond donors (Lipinski definition) is 0. The molecule has 1 heterocycles. The van der Waals surface area contributed by atoms with Crippen molar-refractivity contribution in [2.45, 2.75) is 20.8 Å². The van der Waals surface area contributed by atoms with E-state index in [0.29, 0.717) is 23.8 Å². The summed E-state index contributed by atoms with van der Waals surface area (Å²) in [5, 5.41) is 0. The summed E-state index contributed by atoms with van der Waals surface area (Å²) in [7, 11) is 0. The average molecular weight is 290 g/mol. The highest BCUT2D eigenvalue weighted by molar-refractivity contribution is 5.97. The Morgan fingerprint density at radius 2 is 1.86 bits per heavy atom. The van der Waals surface area contributed by atoms with Gasteiger partial charge >= 0.3 is 0 Å². The molecule has 116 valence electrons. The van der Waals surface area contributed by atoms with E-state index in [1.165, 1.54) is 0 Å². The molecule has 0 unspecified atom stereocenters. The molecule has 4 heteroatoms. The number of ether oxygens (including phenoxy) is 1. The third-order valence-electron chi connectivity index (χ3n) is 3.70. The van der Waals surface area contributed by atoms with Gasteiger partial charge in [-0.3, -0.25) is 9.69 Å². The number of para-hydroxylation sites is 1. The maximum absolute atomic E-state index is 12.7. The second-order valence-electron chi connectivity index (χ2n) is 5.92. The number of piperazine rings is 1. The molecule has 1 aliphatic heterocycles. The Hall–Kier alpha value is -1.55. The van der Waals surface area contributed by atoms with Crippen molar-refractivity contribution in [3.8, 4) is 5.75 Å². The Morgan fingerprint density at radius 3 is 2.48 bits per heavy atom. The van der Waals surface area contributed by atoms with E-state index in [0.717, 1.165) is 32.7 Å². The Labute approximate surface area is 127 Å². The van der Waals surface area contributed by atoms with Crippen LogP contribution in [0.2, 0.25) is 0 Å². The summed E-state index contributed by atoms with van der Waals surface area (Å²) in [6.07, 6.45) is 0. The third kappa shape index (κ3) is 4.21. The fourth-order valence-electron chi connectivity index (χ4n) is 2.74. The lowest BCUT2D eigenvalue weighted by Crippen LogP contribution is -2.49. The van der Waals surface area contributed by atoms with E-state index in [1.54, 1.807) is 0 Å². The fourth-order valence-corrected chi connectivity index (χ4v) is 2.74. The number of benzene rings is 1. The Bertz CT molecular complexity index is 466. The van der Waals surface area contributed by atoms with E-state index < -0.39 is 0 Å². The second kappa shape index (κ2) is 7.46. The fraction of sp³-hybridized carbons (Fsp3) is 0.588. The zero-order valence-electron chi connectivity index (χ0n) is 13.3. The Balaban J connectivity index is 1.99. The van der Waals surface area contributed by atoms with Crippen LogP contribution in [0.15, 0.2) is 24.3 Å². The standard InChI is InChI=1S/C17H26N2O2/c1-4-21-16-8-6-5-7-15(16)17(20)19-11-9-18(10-12-19)13-14(2)3/h5-8,14H,4,9-13H2,1-3H3. The van der Waals surface area contributed by atoms with Gasteiger partial charge in [-0.1, -0.05) is 26.0 Å². The number of carbonyl (C=O) groups excluding carboxylic acids is 1. The van der Waals surface area contributed by atoms with Gasteiger partial charge in [0.15, 0.2) is 0 Å². The van der Waals surface area contributed by atoms with E-state index >= 15 is 0 Å². The topological polar surface area (TPSA) is 32.8 Å². The first-order valence-electron chi connectivity index (χ1n) is 7.85. The lowest BCUT2D eigenvalue weighted by molar-refractivity contribution is 0.0620. The lowest BCUT2D eigenvalue weighted by Gasteiger charge is -2.35. The predicted octanol–water partition coefficient (Wildman–Crippen LogP) is 2.50. The van der Waals surface area contributed by atoms with Crippen molar-refractivity contribution in [3.63, 3.8) is 0 Å². The highest BCUT2D eigenvalue weighted by atomic mass is 16.5. The molecule has 0 bridgehead atoms. The van der Waals surface area contributed by atoms with Gasteiger partial charge in [-0.15, -0.1) is 0 Å². The van der Waals surface area contributed by atoms with E-state index in [4.69, 9.17) is 4.74 Å². The van der Waals surface area contributed by atoms with E-state index in [1.807, 2.05) is 36.1 Å². The summed E-state index contributed by atoms with van der Waals surface area (Å²) in [6, 6.07) is 7.52. The van der Waals surface area contributed by atoms with Crippen molar-refractivity contribution < 1.29 is 9.53 Å². The molecule has 0 aliphatic carbocycles. The summed E-state index contributed by atoms with van der Waals surface area (Å²) >= 11 is 0. The minimum absolute atomic E-state index is 0.0863. The number of amides is 1. The molecule has 1 saturated heterocycles. The number of rotatable bonds is 5. The molecular weight excluding hydrogens is 264 g/mol. The van der Waals surface area contributed by atoms with Gasteiger partial charge in [-0.2, -0.15) is 0 Å². The molecule has 0 aromatic heterocycles. The quantitative estimate of drug-likeness (QED) is 0.835. The zero-order chi connectivity index (χ0) is 15.2. The first-order valence-corrected chi connectivity index (χ1v) is 7.85. The van der Waals surface area contributed by atoms with Crippen LogP contribution in [0.3, 0.4) is 0 Å². The molecule has 0 saturated carbocycles. The molecule has 0 spiro atoms. The van der Waals surface area contributed by atoms with Crippen molar-refractivity contribution in [2.75, 3.05) is 39.3 Å². The van der Waals surface area contributed by atoms with Crippen molar-refractivity contribution >= 4 is 5.91 Å². The molecule has 2 rings (SSSR count). The van der Waals surface area contributed by atoms with Crippen LogP contribution in [-0.2, 0) is 0 Å². The lowest BCUT2D eigenvalue weighted by atomic mass is 10.1. The van der Waals surface area contributed by atoms with Crippen LogP contribution in [0.5, 0.6) is 5.75 Å². The number of carbonyl (C=O) groups is 1. The molecule has 0 N–H and O–H groups in total.